The Kier molecular flexibility index (Phi) is 4.83. The number of nitrogens with two attached hydrogens (primary N) is 1. The third kappa shape index (κ3) is 3.71. The van der Waals surface area contributed by atoms with Gasteiger partial charge in [0.1, 0.15) is 11.9 Å². The van der Waals surface area contributed by atoms with Crippen LogP contribution in [0.4, 0.5) is 0 Å². The van der Waals surface area contributed by atoms with Crippen LogP contribution in [0.5, 0.6) is 5.75 Å². The van der Waals surface area contributed by atoms with E-state index in [4.69, 9.17) is 15.2 Å². The number of methoxy groups -OCH3 is 1. The molecule has 1 aliphatic carbocycles. The van der Waals surface area contributed by atoms with Crippen molar-refractivity contribution >= 4 is 0 Å². The summed E-state index contributed by atoms with van der Waals surface area (Å²) in [5, 5.41) is 0. The molecule has 1 aromatic rings. The van der Waals surface area contributed by atoms with Crippen LogP contribution in [-0.2, 0) is 4.74 Å². The van der Waals surface area contributed by atoms with Gasteiger partial charge in [-0.05, 0) is 39.2 Å². The summed E-state index contributed by atoms with van der Waals surface area (Å²) in [5.41, 5.74) is 8.35. The van der Waals surface area contributed by atoms with Crippen LogP contribution < -0.4 is 10.5 Å². The molecule has 0 amide bonds. The molecule has 0 spiro atoms. The first-order chi connectivity index (χ1) is 9.10. The molecule has 1 aromatic carbocycles. The number of rotatable bonds is 4. The maximum Gasteiger partial charge on any atom is 0.124 e. The molecule has 0 aliphatic heterocycles. The van der Waals surface area contributed by atoms with Gasteiger partial charge in [-0.3, -0.25) is 0 Å². The Labute approximate surface area is 116 Å². The predicted octanol–water partition coefficient (Wildman–Crippen LogP) is 3.35. The van der Waals surface area contributed by atoms with Gasteiger partial charge in [0.05, 0.1) is 6.10 Å². The minimum absolute atomic E-state index is 0.00304. The van der Waals surface area contributed by atoms with Gasteiger partial charge in [0, 0.05) is 25.1 Å². The third-order valence-corrected chi connectivity index (χ3v) is 3.86. The van der Waals surface area contributed by atoms with E-state index >= 15 is 0 Å². The van der Waals surface area contributed by atoms with Crippen molar-refractivity contribution < 1.29 is 9.47 Å². The summed E-state index contributed by atoms with van der Waals surface area (Å²) in [6.07, 6.45) is 4.98. The van der Waals surface area contributed by atoms with E-state index in [2.05, 4.69) is 19.1 Å². The number of ether oxygens (including phenoxy) is 2. The summed E-state index contributed by atoms with van der Waals surface area (Å²) < 4.78 is 11.6. The molecule has 1 aliphatic rings. The predicted molar refractivity (Wildman–Crippen MR) is 77.5 cm³/mol. The zero-order chi connectivity index (χ0) is 13.8. The molecular weight excluding hydrogens is 238 g/mol. The van der Waals surface area contributed by atoms with Crippen LogP contribution in [0.15, 0.2) is 18.2 Å². The summed E-state index contributed by atoms with van der Waals surface area (Å²) >= 11 is 0. The Morgan fingerprint density at radius 3 is 2.68 bits per heavy atom. The highest BCUT2D eigenvalue weighted by Crippen LogP contribution is 2.30. The van der Waals surface area contributed by atoms with Crippen LogP contribution >= 0.6 is 0 Å². The fourth-order valence-corrected chi connectivity index (χ4v) is 2.73. The van der Waals surface area contributed by atoms with Crippen molar-refractivity contribution in [1.29, 1.82) is 0 Å². The van der Waals surface area contributed by atoms with Gasteiger partial charge in [0.15, 0.2) is 0 Å². The summed E-state index contributed by atoms with van der Waals surface area (Å²) in [5.74, 6) is 0.933. The maximum absolute atomic E-state index is 6.17. The average Bonchev–Trinajstić information content (AvgIpc) is 2.41. The molecule has 0 radical (unpaired) electrons. The van der Waals surface area contributed by atoms with Crippen LogP contribution in [0, 0.1) is 6.92 Å². The van der Waals surface area contributed by atoms with Gasteiger partial charge >= 0.3 is 0 Å². The van der Waals surface area contributed by atoms with E-state index in [1.54, 1.807) is 7.11 Å². The van der Waals surface area contributed by atoms with Crippen LogP contribution in [-0.4, -0.2) is 19.3 Å². The smallest absolute Gasteiger partial charge is 0.124 e. The molecule has 0 aromatic heterocycles. The Morgan fingerprint density at radius 1 is 1.26 bits per heavy atom. The van der Waals surface area contributed by atoms with Gasteiger partial charge in [-0.2, -0.15) is 0 Å². The number of aryl methyl sites for hydroxylation is 1. The molecule has 0 bridgehead atoms. The third-order valence-electron chi connectivity index (χ3n) is 3.86. The van der Waals surface area contributed by atoms with Crippen molar-refractivity contribution in [3.8, 4) is 5.75 Å². The van der Waals surface area contributed by atoms with Crippen LogP contribution in [0.1, 0.15) is 49.8 Å². The molecule has 3 nitrogen and oxygen atoms in total. The Balaban J connectivity index is 2.10. The summed E-state index contributed by atoms with van der Waals surface area (Å²) in [4.78, 5) is 0. The number of hydrogen-bond donors (Lipinski definition) is 1. The van der Waals surface area contributed by atoms with Gasteiger partial charge in [-0.25, -0.2) is 0 Å². The number of benzene rings is 1. The van der Waals surface area contributed by atoms with Crippen molar-refractivity contribution in [3.05, 3.63) is 29.3 Å². The molecule has 1 saturated carbocycles. The van der Waals surface area contributed by atoms with Crippen molar-refractivity contribution in [3.63, 3.8) is 0 Å². The SMILES string of the molecule is COC1CCCC(Oc2ccc(C)cc2[C@@H](C)N)C1. The maximum atomic E-state index is 6.17. The minimum Gasteiger partial charge on any atom is -0.490 e. The van der Waals surface area contributed by atoms with Crippen LogP contribution in [0.2, 0.25) is 0 Å². The molecule has 106 valence electrons. The van der Waals surface area contributed by atoms with Gasteiger partial charge in [-0.15, -0.1) is 0 Å². The second kappa shape index (κ2) is 6.40. The van der Waals surface area contributed by atoms with E-state index in [1.165, 1.54) is 12.0 Å². The monoisotopic (exact) mass is 263 g/mol. The topological polar surface area (TPSA) is 44.5 Å². The van der Waals surface area contributed by atoms with Crippen molar-refractivity contribution in [2.24, 2.45) is 5.73 Å². The van der Waals surface area contributed by atoms with Crippen molar-refractivity contribution in [1.82, 2.24) is 0 Å². The highest BCUT2D eigenvalue weighted by molar-refractivity contribution is 5.38. The normalized spacial score (nSPS) is 25.1. The first kappa shape index (κ1) is 14.4. The highest BCUT2D eigenvalue weighted by Gasteiger charge is 2.24. The zero-order valence-electron chi connectivity index (χ0n) is 12.2. The molecule has 0 heterocycles. The Hall–Kier alpha value is -1.06. The first-order valence-corrected chi connectivity index (χ1v) is 7.15. The minimum atomic E-state index is -0.00304. The van der Waals surface area contributed by atoms with Gasteiger partial charge in [-0.1, -0.05) is 17.7 Å². The summed E-state index contributed by atoms with van der Waals surface area (Å²) in [7, 11) is 1.78. The van der Waals surface area contributed by atoms with Crippen molar-refractivity contribution in [2.45, 2.75) is 57.8 Å². The van der Waals surface area contributed by atoms with E-state index in [1.807, 2.05) is 13.0 Å². The molecule has 3 atom stereocenters. The zero-order valence-corrected chi connectivity index (χ0v) is 12.2. The van der Waals surface area contributed by atoms with E-state index in [9.17, 15) is 0 Å². The lowest BCUT2D eigenvalue weighted by Crippen LogP contribution is -2.30. The average molecular weight is 263 g/mol. The first-order valence-electron chi connectivity index (χ1n) is 7.15. The number of hydrogen-bond acceptors (Lipinski definition) is 3. The van der Waals surface area contributed by atoms with Gasteiger partial charge < -0.3 is 15.2 Å². The van der Waals surface area contributed by atoms with Gasteiger partial charge in [0.2, 0.25) is 0 Å². The van der Waals surface area contributed by atoms with E-state index in [0.29, 0.717) is 6.10 Å². The van der Waals surface area contributed by atoms with E-state index < -0.39 is 0 Å². The molecule has 1 fully saturated rings. The van der Waals surface area contributed by atoms with E-state index in [0.717, 1.165) is 30.6 Å². The largest absolute Gasteiger partial charge is 0.490 e. The second-order valence-corrected chi connectivity index (χ2v) is 5.59. The van der Waals surface area contributed by atoms with E-state index in [-0.39, 0.29) is 12.1 Å². The molecule has 2 rings (SSSR count). The molecule has 19 heavy (non-hydrogen) atoms. The molecule has 2 unspecified atom stereocenters. The lowest BCUT2D eigenvalue weighted by Gasteiger charge is -2.29. The second-order valence-electron chi connectivity index (χ2n) is 5.59. The quantitative estimate of drug-likeness (QED) is 0.906. The van der Waals surface area contributed by atoms with Crippen LogP contribution in [0.25, 0.3) is 0 Å². The summed E-state index contributed by atoms with van der Waals surface area (Å²) in [6, 6.07) is 6.25. The lowest BCUT2D eigenvalue weighted by atomic mass is 9.94. The summed E-state index contributed by atoms with van der Waals surface area (Å²) in [6.45, 7) is 4.08. The molecule has 3 heteroatoms. The van der Waals surface area contributed by atoms with Crippen molar-refractivity contribution in [2.75, 3.05) is 7.11 Å². The molecular formula is C16H25NO2. The standard InChI is InChI=1S/C16H25NO2/c1-11-7-8-16(15(9-11)12(2)17)19-14-6-4-5-13(10-14)18-3/h7-9,12-14H,4-6,10,17H2,1-3H3/t12-,13?,14?/m1/s1. The Bertz CT molecular complexity index is 417. The fraction of sp³-hybridized carbons (Fsp3) is 0.625. The fourth-order valence-electron chi connectivity index (χ4n) is 2.73. The lowest BCUT2D eigenvalue weighted by molar-refractivity contribution is 0.0206. The Morgan fingerprint density at radius 2 is 2.00 bits per heavy atom. The molecule has 0 saturated heterocycles. The van der Waals surface area contributed by atoms with Gasteiger partial charge in [0.25, 0.3) is 0 Å². The van der Waals surface area contributed by atoms with Crippen LogP contribution in [0.3, 0.4) is 0 Å². The molecule has 2 N–H and O–H groups in total. The highest BCUT2D eigenvalue weighted by atomic mass is 16.5.